The van der Waals surface area contributed by atoms with Crippen LogP contribution in [0.25, 0.3) is 0 Å². The minimum atomic E-state index is -4.04. The number of nitrogens with zero attached hydrogens (tertiary/aromatic N) is 2. The number of aromatic nitrogens is 1. The Kier molecular flexibility index (Phi) is 4.25. The minimum Gasteiger partial charge on any atom is -0.371 e. The topological polar surface area (TPSA) is 75.4 Å². The van der Waals surface area contributed by atoms with Crippen LogP contribution in [0.4, 0.5) is 15.9 Å². The number of benzene rings is 1. The second-order valence-electron chi connectivity index (χ2n) is 5.59. The Morgan fingerprint density at radius 2 is 1.96 bits per heavy atom. The van der Waals surface area contributed by atoms with Crippen LogP contribution in [-0.4, -0.2) is 26.7 Å². The summed E-state index contributed by atoms with van der Waals surface area (Å²) in [5.41, 5.74) is 0.707. The number of hydrogen-bond donors (Lipinski definition) is 1. The molecule has 1 saturated heterocycles. The maximum atomic E-state index is 14.3. The minimum absolute atomic E-state index is 0.0296. The third kappa shape index (κ3) is 3.47. The van der Waals surface area contributed by atoms with E-state index in [0.717, 1.165) is 25.9 Å². The van der Waals surface area contributed by atoms with Crippen molar-refractivity contribution in [2.75, 3.05) is 22.7 Å². The predicted octanol–water partition coefficient (Wildman–Crippen LogP) is 2.91. The molecule has 2 aromatic rings. The summed E-state index contributed by atoms with van der Waals surface area (Å²) < 4.78 is 45.9. The van der Waals surface area contributed by atoms with Crippen LogP contribution in [0.15, 0.2) is 33.7 Å². The Labute approximate surface area is 134 Å². The molecule has 0 radical (unpaired) electrons. The maximum absolute atomic E-state index is 14.3. The van der Waals surface area contributed by atoms with Gasteiger partial charge in [0.25, 0.3) is 10.0 Å². The molecule has 1 aliphatic rings. The molecule has 0 spiro atoms. The number of rotatable bonds is 4. The van der Waals surface area contributed by atoms with Crippen molar-refractivity contribution in [1.82, 2.24) is 5.16 Å². The Bertz CT molecular complexity index is 798. The number of aryl methyl sites for hydroxylation is 1. The lowest BCUT2D eigenvalue weighted by molar-refractivity contribution is 0.400. The molecule has 0 atom stereocenters. The van der Waals surface area contributed by atoms with E-state index in [1.807, 2.05) is 0 Å². The average molecular weight is 339 g/mol. The summed E-state index contributed by atoms with van der Waals surface area (Å²) in [7, 11) is -4.04. The summed E-state index contributed by atoms with van der Waals surface area (Å²) >= 11 is 0. The quantitative estimate of drug-likeness (QED) is 0.927. The van der Waals surface area contributed by atoms with Crippen molar-refractivity contribution in [2.45, 2.75) is 31.1 Å². The number of anilines is 2. The van der Waals surface area contributed by atoms with Crippen molar-refractivity contribution in [3.8, 4) is 0 Å². The molecular weight excluding hydrogens is 321 g/mol. The molecule has 0 aliphatic carbocycles. The highest BCUT2D eigenvalue weighted by molar-refractivity contribution is 7.92. The summed E-state index contributed by atoms with van der Waals surface area (Å²) in [6, 6.07) is 5.62. The van der Waals surface area contributed by atoms with Gasteiger partial charge >= 0.3 is 0 Å². The van der Waals surface area contributed by atoms with Gasteiger partial charge in [0.2, 0.25) is 0 Å². The van der Waals surface area contributed by atoms with Gasteiger partial charge in [0.05, 0.1) is 0 Å². The zero-order chi connectivity index (χ0) is 16.4. The van der Waals surface area contributed by atoms with E-state index < -0.39 is 20.7 Å². The molecule has 1 fully saturated rings. The molecule has 8 heteroatoms. The summed E-state index contributed by atoms with van der Waals surface area (Å²) in [4.78, 5) is 1.66. The highest BCUT2D eigenvalue weighted by atomic mass is 32.2. The molecule has 2 heterocycles. The zero-order valence-corrected chi connectivity index (χ0v) is 13.6. The molecule has 0 unspecified atom stereocenters. The van der Waals surface area contributed by atoms with Crippen LogP contribution < -0.4 is 9.62 Å². The van der Waals surface area contributed by atoms with Crippen molar-refractivity contribution >= 4 is 21.5 Å². The van der Waals surface area contributed by atoms with Crippen LogP contribution in [0, 0.1) is 12.7 Å². The first-order valence-electron chi connectivity index (χ1n) is 7.46. The fourth-order valence-corrected chi connectivity index (χ4v) is 3.71. The Balaban J connectivity index is 1.84. The SMILES string of the molecule is Cc1cc(NS(=O)(=O)c2ccc(N3CCCCC3)cc2F)no1. The Hall–Kier alpha value is -2.09. The van der Waals surface area contributed by atoms with Crippen molar-refractivity contribution < 1.29 is 17.3 Å². The van der Waals surface area contributed by atoms with Gasteiger partial charge in [0.1, 0.15) is 16.5 Å². The Morgan fingerprint density at radius 1 is 1.22 bits per heavy atom. The van der Waals surface area contributed by atoms with Gasteiger partial charge in [-0.15, -0.1) is 0 Å². The number of nitrogens with one attached hydrogen (secondary N) is 1. The third-order valence-corrected chi connectivity index (χ3v) is 5.18. The molecule has 0 amide bonds. The van der Waals surface area contributed by atoms with Gasteiger partial charge in [-0.2, -0.15) is 0 Å². The molecule has 0 bridgehead atoms. The lowest BCUT2D eigenvalue weighted by Gasteiger charge is -2.29. The smallest absolute Gasteiger partial charge is 0.266 e. The molecule has 1 aliphatic heterocycles. The highest BCUT2D eigenvalue weighted by Crippen LogP contribution is 2.25. The fraction of sp³-hybridized carbons (Fsp3) is 0.400. The molecule has 1 aromatic heterocycles. The van der Waals surface area contributed by atoms with Crippen molar-refractivity contribution in [3.05, 3.63) is 35.8 Å². The standard InChI is InChI=1S/C15H18FN3O3S/c1-11-9-15(17-22-11)18-23(20,21)14-6-5-12(10-13(14)16)19-7-3-2-4-8-19/h5-6,9-10H,2-4,7-8H2,1H3,(H,17,18). The first-order valence-corrected chi connectivity index (χ1v) is 8.95. The molecule has 124 valence electrons. The predicted molar refractivity (Wildman–Crippen MR) is 84.5 cm³/mol. The van der Waals surface area contributed by atoms with Crippen LogP contribution in [0.5, 0.6) is 0 Å². The zero-order valence-electron chi connectivity index (χ0n) is 12.8. The molecule has 1 aromatic carbocycles. The molecule has 0 saturated carbocycles. The summed E-state index contributed by atoms with van der Waals surface area (Å²) in [5.74, 6) is -0.286. The third-order valence-electron chi connectivity index (χ3n) is 3.79. The second kappa shape index (κ2) is 6.19. The van der Waals surface area contributed by atoms with E-state index in [1.54, 1.807) is 13.0 Å². The van der Waals surface area contributed by atoms with Crippen molar-refractivity contribution in [2.24, 2.45) is 0 Å². The van der Waals surface area contributed by atoms with E-state index >= 15 is 0 Å². The molecule has 3 rings (SSSR count). The van der Waals surface area contributed by atoms with Gasteiger partial charge in [0, 0.05) is 24.8 Å². The maximum Gasteiger partial charge on any atom is 0.266 e. The first-order chi connectivity index (χ1) is 11.0. The fourth-order valence-electron chi connectivity index (χ4n) is 2.66. The van der Waals surface area contributed by atoms with E-state index in [0.29, 0.717) is 11.4 Å². The summed E-state index contributed by atoms with van der Waals surface area (Å²) in [5, 5.41) is 3.55. The number of piperidine rings is 1. The van der Waals surface area contributed by atoms with Crippen LogP contribution in [0.2, 0.25) is 0 Å². The van der Waals surface area contributed by atoms with E-state index in [-0.39, 0.29) is 5.82 Å². The molecular formula is C15H18FN3O3S. The van der Waals surface area contributed by atoms with Gasteiger partial charge in [-0.1, -0.05) is 5.16 Å². The molecule has 23 heavy (non-hydrogen) atoms. The Morgan fingerprint density at radius 3 is 2.57 bits per heavy atom. The van der Waals surface area contributed by atoms with Crippen LogP contribution in [0.3, 0.4) is 0 Å². The monoisotopic (exact) mass is 339 g/mol. The summed E-state index contributed by atoms with van der Waals surface area (Å²) in [6.45, 7) is 3.36. The van der Waals surface area contributed by atoms with Crippen LogP contribution in [0.1, 0.15) is 25.0 Å². The number of hydrogen-bond acceptors (Lipinski definition) is 5. The van der Waals surface area contributed by atoms with Gasteiger partial charge in [0.15, 0.2) is 5.82 Å². The summed E-state index contributed by atoms with van der Waals surface area (Å²) in [6.07, 6.45) is 3.30. The molecule has 6 nitrogen and oxygen atoms in total. The van der Waals surface area contributed by atoms with E-state index in [9.17, 15) is 12.8 Å². The number of halogens is 1. The highest BCUT2D eigenvalue weighted by Gasteiger charge is 2.22. The van der Waals surface area contributed by atoms with E-state index in [4.69, 9.17) is 4.52 Å². The van der Waals surface area contributed by atoms with Crippen molar-refractivity contribution in [3.63, 3.8) is 0 Å². The van der Waals surface area contributed by atoms with E-state index in [1.165, 1.54) is 24.6 Å². The largest absolute Gasteiger partial charge is 0.371 e. The van der Waals surface area contributed by atoms with Gasteiger partial charge in [-0.05, 0) is 44.4 Å². The molecule has 1 N–H and O–H groups in total. The van der Waals surface area contributed by atoms with E-state index in [2.05, 4.69) is 14.8 Å². The van der Waals surface area contributed by atoms with Gasteiger partial charge in [-0.3, -0.25) is 4.72 Å². The number of sulfonamides is 1. The van der Waals surface area contributed by atoms with Crippen LogP contribution >= 0.6 is 0 Å². The van der Waals surface area contributed by atoms with Crippen LogP contribution in [-0.2, 0) is 10.0 Å². The van der Waals surface area contributed by atoms with Crippen molar-refractivity contribution in [1.29, 1.82) is 0 Å². The first kappa shape index (κ1) is 15.8. The second-order valence-corrected chi connectivity index (χ2v) is 7.24. The van der Waals surface area contributed by atoms with Gasteiger partial charge in [-0.25, -0.2) is 12.8 Å². The lowest BCUT2D eigenvalue weighted by atomic mass is 10.1. The van der Waals surface area contributed by atoms with Gasteiger partial charge < -0.3 is 9.42 Å². The normalized spacial score (nSPS) is 15.7. The average Bonchev–Trinajstić information content (AvgIpc) is 2.92. The lowest BCUT2D eigenvalue weighted by Crippen LogP contribution is -2.29.